The van der Waals surface area contributed by atoms with Gasteiger partial charge in [-0.15, -0.1) is 0 Å². The number of oxazole rings is 1. The highest BCUT2D eigenvalue weighted by Gasteiger charge is 2.14. The Balaban J connectivity index is 1.38. The summed E-state index contributed by atoms with van der Waals surface area (Å²) >= 11 is 0. The second-order valence-electron chi connectivity index (χ2n) is 7.47. The number of nitrogens with one attached hydrogen (secondary N) is 1. The van der Waals surface area contributed by atoms with Crippen molar-refractivity contribution in [2.24, 2.45) is 0 Å². The fourth-order valence-corrected chi connectivity index (χ4v) is 3.43. The first-order valence-electron chi connectivity index (χ1n) is 10.8. The molecule has 7 nitrogen and oxygen atoms in total. The van der Waals surface area contributed by atoms with Crippen molar-refractivity contribution in [1.82, 2.24) is 4.98 Å². The molecule has 0 radical (unpaired) electrons. The molecule has 0 spiro atoms. The minimum absolute atomic E-state index is 0.215. The standard InChI is InChI=1S/C27H25N3O4/c1-31-24-13-8-19(16-25(24)32-2)14-15-29-27-23(17-28)30-26(34-27)21-9-11-22(12-10-21)33-18-20-6-4-3-5-7-20/h3-13,16,29H,14-15,18H2,1-2H3. The fourth-order valence-electron chi connectivity index (χ4n) is 3.43. The SMILES string of the molecule is COc1ccc(CCNc2oc(-c3ccc(OCc4ccccc4)cc3)nc2C#N)cc1OC. The molecule has 0 aliphatic carbocycles. The zero-order valence-corrected chi connectivity index (χ0v) is 19.1. The largest absolute Gasteiger partial charge is 0.493 e. The van der Waals surface area contributed by atoms with E-state index in [0.29, 0.717) is 42.8 Å². The molecule has 3 aromatic carbocycles. The van der Waals surface area contributed by atoms with Crippen molar-refractivity contribution in [2.75, 3.05) is 26.1 Å². The number of nitriles is 1. The maximum Gasteiger partial charge on any atom is 0.232 e. The summed E-state index contributed by atoms with van der Waals surface area (Å²) in [5.41, 5.74) is 3.14. The summed E-state index contributed by atoms with van der Waals surface area (Å²) in [6.45, 7) is 1.05. The van der Waals surface area contributed by atoms with E-state index < -0.39 is 0 Å². The van der Waals surface area contributed by atoms with E-state index in [9.17, 15) is 5.26 Å². The molecular weight excluding hydrogens is 430 g/mol. The van der Waals surface area contributed by atoms with E-state index in [-0.39, 0.29) is 5.69 Å². The Hall–Kier alpha value is -4.44. The summed E-state index contributed by atoms with van der Waals surface area (Å²) in [6.07, 6.45) is 0.703. The van der Waals surface area contributed by atoms with Gasteiger partial charge in [-0.3, -0.25) is 0 Å². The average Bonchev–Trinajstić information content (AvgIpc) is 3.31. The lowest BCUT2D eigenvalue weighted by Gasteiger charge is -2.09. The highest BCUT2D eigenvalue weighted by atomic mass is 16.5. The lowest BCUT2D eigenvalue weighted by molar-refractivity contribution is 0.306. The van der Waals surface area contributed by atoms with Gasteiger partial charge in [0.05, 0.1) is 14.2 Å². The average molecular weight is 456 g/mol. The van der Waals surface area contributed by atoms with Gasteiger partial charge >= 0.3 is 0 Å². The van der Waals surface area contributed by atoms with Crippen LogP contribution < -0.4 is 19.5 Å². The zero-order valence-electron chi connectivity index (χ0n) is 19.1. The first-order chi connectivity index (χ1) is 16.7. The smallest absolute Gasteiger partial charge is 0.232 e. The third-order valence-corrected chi connectivity index (χ3v) is 5.23. The molecule has 0 unspecified atom stereocenters. The van der Waals surface area contributed by atoms with Crippen LogP contribution in [0.1, 0.15) is 16.8 Å². The van der Waals surface area contributed by atoms with Crippen LogP contribution in [0.2, 0.25) is 0 Å². The van der Waals surface area contributed by atoms with E-state index in [1.165, 1.54) is 0 Å². The summed E-state index contributed by atoms with van der Waals surface area (Å²) in [5.74, 6) is 2.83. The summed E-state index contributed by atoms with van der Waals surface area (Å²) in [4.78, 5) is 4.33. The van der Waals surface area contributed by atoms with Crippen molar-refractivity contribution in [2.45, 2.75) is 13.0 Å². The van der Waals surface area contributed by atoms with Crippen LogP contribution in [-0.2, 0) is 13.0 Å². The second-order valence-corrected chi connectivity index (χ2v) is 7.47. The highest BCUT2D eigenvalue weighted by Crippen LogP contribution is 2.29. The Morgan fingerprint density at radius 1 is 0.912 bits per heavy atom. The predicted octanol–water partition coefficient (Wildman–Crippen LogP) is 5.46. The molecule has 0 saturated heterocycles. The first kappa shape index (κ1) is 22.7. The van der Waals surface area contributed by atoms with Crippen LogP contribution in [0.25, 0.3) is 11.5 Å². The molecule has 0 aliphatic rings. The molecular formula is C27H25N3O4. The molecule has 0 fully saturated rings. The molecule has 0 amide bonds. The van der Waals surface area contributed by atoms with Crippen LogP contribution in [0, 0.1) is 11.3 Å². The zero-order chi connectivity index (χ0) is 23.8. The van der Waals surface area contributed by atoms with Gasteiger partial charge in [0.1, 0.15) is 18.4 Å². The lowest BCUT2D eigenvalue weighted by Crippen LogP contribution is -2.05. The van der Waals surface area contributed by atoms with Crippen LogP contribution in [-0.4, -0.2) is 25.7 Å². The number of ether oxygens (including phenoxy) is 3. The number of rotatable bonds is 10. The van der Waals surface area contributed by atoms with E-state index in [1.54, 1.807) is 14.2 Å². The highest BCUT2D eigenvalue weighted by molar-refractivity contribution is 5.59. The van der Waals surface area contributed by atoms with Gasteiger partial charge in [-0.2, -0.15) is 10.2 Å². The number of methoxy groups -OCH3 is 2. The quantitative estimate of drug-likeness (QED) is 0.339. The monoisotopic (exact) mass is 455 g/mol. The van der Waals surface area contributed by atoms with Crippen molar-refractivity contribution in [3.05, 3.63) is 89.6 Å². The normalized spacial score (nSPS) is 10.4. The number of hydrogen-bond acceptors (Lipinski definition) is 7. The topological polar surface area (TPSA) is 89.5 Å². The van der Waals surface area contributed by atoms with Gasteiger partial charge in [0, 0.05) is 12.1 Å². The summed E-state index contributed by atoms with van der Waals surface area (Å²) in [7, 11) is 3.21. The van der Waals surface area contributed by atoms with E-state index in [0.717, 1.165) is 22.4 Å². The molecule has 0 saturated carbocycles. The third-order valence-electron chi connectivity index (χ3n) is 5.23. The van der Waals surface area contributed by atoms with Gasteiger partial charge in [-0.05, 0) is 53.9 Å². The van der Waals surface area contributed by atoms with Gasteiger partial charge in [-0.1, -0.05) is 36.4 Å². The van der Waals surface area contributed by atoms with E-state index >= 15 is 0 Å². The minimum atomic E-state index is 0.215. The van der Waals surface area contributed by atoms with Gasteiger partial charge in [0.15, 0.2) is 11.5 Å². The Morgan fingerprint density at radius 3 is 2.38 bits per heavy atom. The molecule has 7 heteroatoms. The molecule has 1 aromatic heterocycles. The maximum atomic E-state index is 9.48. The van der Waals surface area contributed by atoms with Gasteiger partial charge < -0.3 is 23.9 Å². The van der Waals surface area contributed by atoms with Gasteiger partial charge in [0.2, 0.25) is 17.5 Å². The van der Waals surface area contributed by atoms with Crippen molar-refractivity contribution in [3.63, 3.8) is 0 Å². The van der Waals surface area contributed by atoms with Crippen molar-refractivity contribution >= 4 is 5.88 Å². The van der Waals surface area contributed by atoms with Crippen LogP contribution in [0.3, 0.4) is 0 Å². The van der Waals surface area contributed by atoms with Crippen LogP contribution >= 0.6 is 0 Å². The van der Waals surface area contributed by atoms with Crippen LogP contribution in [0.15, 0.2) is 77.2 Å². The lowest BCUT2D eigenvalue weighted by atomic mass is 10.1. The molecule has 4 aromatic rings. The molecule has 0 aliphatic heterocycles. The van der Waals surface area contributed by atoms with Crippen molar-refractivity contribution < 1.29 is 18.6 Å². The van der Waals surface area contributed by atoms with Crippen LogP contribution in [0.4, 0.5) is 5.88 Å². The number of nitrogens with zero attached hydrogens (tertiary/aromatic N) is 2. The maximum absolute atomic E-state index is 9.48. The Labute approximate surface area is 198 Å². The molecule has 1 heterocycles. The summed E-state index contributed by atoms with van der Waals surface area (Å²) in [6, 6.07) is 25.3. The summed E-state index contributed by atoms with van der Waals surface area (Å²) in [5, 5.41) is 12.7. The minimum Gasteiger partial charge on any atom is -0.493 e. The molecule has 34 heavy (non-hydrogen) atoms. The number of benzene rings is 3. The van der Waals surface area contributed by atoms with E-state index in [2.05, 4.69) is 16.4 Å². The molecule has 0 atom stereocenters. The van der Waals surface area contributed by atoms with E-state index in [1.807, 2.05) is 72.8 Å². The van der Waals surface area contributed by atoms with Gasteiger partial charge in [-0.25, -0.2) is 0 Å². The van der Waals surface area contributed by atoms with Crippen molar-refractivity contribution in [1.29, 1.82) is 5.26 Å². The van der Waals surface area contributed by atoms with Gasteiger partial charge in [0.25, 0.3) is 0 Å². The molecule has 0 bridgehead atoms. The van der Waals surface area contributed by atoms with Crippen LogP contribution in [0.5, 0.6) is 17.2 Å². The number of anilines is 1. The second kappa shape index (κ2) is 10.9. The third kappa shape index (κ3) is 5.48. The predicted molar refractivity (Wildman–Crippen MR) is 129 cm³/mol. The Bertz CT molecular complexity index is 1260. The Morgan fingerprint density at radius 2 is 1.68 bits per heavy atom. The fraction of sp³-hybridized carbons (Fsp3) is 0.185. The number of hydrogen-bond donors (Lipinski definition) is 1. The van der Waals surface area contributed by atoms with Crippen molar-refractivity contribution in [3.8, 4) is 34.8 Å². The Kier molecular flexibility index (Phi) is 7.31. The molecule has 172 valence electrons. The van der Waals surface area contributed by atoms with E-state index in [4.69, 9.17) is 18.6 Å². The summed E-state index contributed by atoms with van der Waals surface area (Å²) < 4.78 is 22.3. The first-order valence-corrected chi connectivity index (χ1v) is 10.8. The number of aromatic nitrogens is 1. The molecule has 1 N–H and O–H groups in total. The molecule has 4 rings (SSSR count).